The Kier molecular flexibility index (Phi) is 3.52. The second-order valence-electron chi connectivity index (χ2n) is 4.93. The van der Waals surface area contributed by atoms with Crippen molar-refractivity contribution in [2.45, 2.75) is 6.92 Å². The highest BCUT2D eigenvalue weighted by atomic mass is 35.5. The van der Waals surface area contributed by atoms with Crippen molar-refractivity contribution in [3.63, 3.8) is 0 Å². The molecule has 0 unspecified atom stereocenters. The Morgan fingerprint density at radius 2 is 1.95 bits per heavy atom. The van der Waals surface area contributed by atoms with Crippen LogP contribution in [0.15, 0.2) is 47.5 Å². The van der Waals surface area contributed by atoms with E-state index in [9.17, 15) is 4.39 Å². The Balaban J connectivity index is 2.07. The first-order valence-corrected chi connectivity index (χ1v) is 6.99. The van der Waals surface area contributed by atoms with Gasteiger partial charge in [0.2, 0.25) is 0 Å². The molecule has 0 atom stereocenters. The summed E-state index contributed by atoms with van der Waals surface area (Å²) in [5.41, 5.74) is 3.99. The molecular weight excluding hydrogens is 287 g/mol. The third kappa shape index (κ3) is 2.45. The summed E-state index contributed by atoms with van der Waals surface area (Å²) in [6.45, 7) is 2.05. The number of fused-ring (bicyclic) bond motifs is 1. The first-order chi connectivity index (χ1) is 10.1. The zero-order valence-electron chi connectivity index (χ0n) is 11.8. The molecule has 0 saturated heterocycles. The Morgan fingerprint density at radius 1 is 1.19 bits per heavy atom. The molecule has 0 amide bonds. The van der Waals surface area contributed by atoms with E-state index >= 15 is 0 Å². The largest absolute Gasteiger partial charge is 0.347 e. The predicted octanol–water partition coefficient (Wildman–Crippen LogP) is 5.03. The van der Waals surface area contributed by atoms with Gasteiger partial charge < -0.3 is 4.57 Å². The molecule has 2 aromatic carbocycles. The Morgan fingerprint density at radius 3 is 2.71 bits per heavy atom. The molecule has 0 spiro atoms. The van der Waals surface area contributed by atoms with Crippen molar-refractivity contribution in [3.05, 3.63) is 64.6 Å². The van der Waals surface area contributed by atoms with E-state index in [1.54, 1.807) is 12.3 Å². The molecule has 1 aromatic heterocycles. The van der Waals surface area contributed by atoms with Gasteiger partial charge in [0.05, 0.1) is 10.7 Å². The Hall–Kier alpha value is -2.13. The van der Waals surface area contributed by atoms with E-state index in [0.717, 1.165) is 22.2 Å². The van der Waals surface area contributed by atoms with Crippen LogP contribution in [0.4, 0.5) is 10.1 Å². The number of halogens is 2. The van der Waals surface area contributed by atoms with Crippen LogP contribution in [0.2, 0.25) is 5.02 Å². The number of benzene rings is 2. The van der Waals surface area contributed by atoms with E-state index in [0.29, 0.717) is 5.69 Å². The molecule has 0 aliphatic heterocycles. The second kappa shape index (κ2) is 5.34. The summed E-state index contributed by atoms with van der Waals surface area (Å²) >= 11 is 5.77. The minimum absolute atomic E-state index is 0.0827. The van der Waals surface area contributed by atoms with Gasteiger partial charge in [-0.05, 0) is 31.2 Å². The van der Waals surface area contributed by atoms with Crippen LogP contribution in [-0.2, 0) is 7.05 Å². The van der Waals surface area contributed by atoms with E-state index in [1.165, 1.54) is 12.1 Å². The van der Waals surface area contributed by atoms with Gasteiger partial charge in [-0.25, -0.2) is 4.39 Å². The van der Waals surface area contributed by atoms with Crippen molar-refractivity contribution in [1.29, 1.82) is 0 Å². The summed E-state index contributed by atoms with van der Waals surface area (Å²) in [6.07, 6.45) is 1.81. The first-order valence-electron chi connectivity index (χ1n) is 6.61. The maximum atomic E-state index is 13.2. The van der Waals surface area contributed by atoms with E-state index in [-0.39, 0.29) is 5.02 Å². The zero-order valence-corrected chi connectivity index (χ0v) is 12.5. The van der Waals surface area contributed by atoms with Gasteiger partial charge in [0, 0.05) is 35.4 Å². The minimum Gasteiger partial charge on any atom is -0.347 e. The number of aliphatic imine (C=N–C) groups is 1. The molecule has 0 radical (unpaired) electrons. The van der Waals surface area contributed by atoms with Gasteiger partial charge in [0.25, 0.3) is 0 Å². The smallest absolute Gasteiger partial charge is 0.141 e. The molecule has 0 N–H and O–H groups in total. The monoisotopic (exact) mass is 300 g/mol. The number of hydrogen-bond donors (Lipinski definition) is 0. The highest BCUT2D eigenvalue weighted by Crippen LogP contribution is 2.25. The highest BCUT2D eigenvalue weighted by Gasteiger charge is 2.09. The minimum atomic E-state index is -0.433. The van der Waals surface area contributed by atoms with Crippen LogP contribution in [-0.4, -0.2) is 10.8 Å². The predicted molar refractivity (Wildman–Crippen MR) is 86.3 cm³/mol. The molecule has 0 bridgehead atoms. The standard InChI is InChI=1S/C17H14ClFN2/c1-11-14(13-5-3-4-6-17(13)21(11)2)10-20-12-7-8-16(19)15(18)9-12/h3-10H,1-2H3. The molecule has 3 aromatic rings. The lowest BCUT2D eigenvalue weighted by atomic mass is 10.1. The molecule has 106 valence electrons. The van der Waals surface area contributed by atoms with E-state index in [4.69, 9.17) is 11.6 Å². The fourth-order valence-corrected chi connectivity index (χ4v) is 2.59. The van der Waals surface area contributed by atoms with Crippen LogP contribution in [0.5, 0.6) is 0 Å². The maximum Gasteiger partial charge on any atom is 0.141 e. The molecule has 0 aliphatic carbocycles. The van der Waals surface area contributed by atoms with Crippen LogP contribution in [0.25, 0.3) is 10.9 Å². The summed E-state index contributed by atoms with van der Waals surface area (Å²) in [6, 6.07) is 12.6. The van der Waals surface area contributed by atoms with Crippen LogP contribution < -0.4 is 0 Å². The summed E-state index contributed by atoms with van der Waals surface area (Å²) < 4.78 is 15.3. The lowest BCUT2D eigenvalue weighted by Crippen LogP contribution is -1.91. The highest BCUT2D eigenvalue weighted by molar-refractivity contribution is 6.31. The van der Waals surface area contributed by atoms with Crippen LogP contribution in [0, 0.1) is 12.7 Å². The van der Waals surface area contributed by atoms with E-state index in [1.807, 2.05) is 19.2 Å². The van der Waals surface area contributed by atoms with Crippen molar-refractivity contribution >= 4 is 34.4 Å². The lowest BCUT2D eigenvalue weighted by Gasteiger charge is -1.98. The van der Waals surface area contributed by atoms with Crippen LogP contribution in [0.3, 0.4) is 0 Å². The summed E-state index contributed by atoms with van der Waals surface area (Å²) in [5, 5.41) is 1.23. The molecular formula is C17H14ClFN2. The lowest BCUT2D eigenvalue weighted by molar-refractivity contribution is 0.628. The first kappa shape index (κ1) is 13.8. The quantitative estimate of drug-likeness (QED) is 0.591. The van der Waals surface area contributed by atoms with E-state index < -0.39 is 5.82 Å². The van der Waals surface area contributed by atoms with Crippen molar-refractivity contribution < 1.29 is 4.39 Å². The number of para-hydroxylation sites is 1. The molecule has 2 nitrogen and oxygen atoms in total. The number of aromatic nitrogens is 1. The van der Waals surface area contributed by atoms with Gasteiger partial charge in [-0.3, -0.25) is 4.99 Å². The van der Waals surface area contributed by atoms with Crippen molar-refractivity contribution in [2.24, 2.45) is 12.0 Å². The molecule has 21 heavy (non-hydrogen) atoms. The van der Waals surface area contributed by atoms with Gasteiger partial charge in [0.1, 0.15) is 5.82 Å². The molecule has 0 saturated carbocycles. The second-order valence-corrected chi connectivity index (χ2v) is 5.34. The molecule has 0 fully saturated rings. The van der Waals surface area contributed by atoms with Gasteiger partial charge in [-0.2, -0.15) is 0 Å². The fraction of sp³-hybridized carbons (Fsp3) is 0.118. The molecule has 3 rings (SSSR count). The van der Waals surface area contributed by atoms with Crippen LogP contribution >= 0.6 is 11.6 Å². The normalized spacial score (nSPS) is 11.6. The molecule has 1 heterocycles. The maximum absolute atomic E-state index is 13.2. The van der Waals surface area contributed by atoms with Crippen molar-refractivity contribution in [2.75, 3.05) is 0 Å². The van der Waals surface area contributed by atoms with Gasteiger partial charge in [0.15, 0.2) is 0 Å². The SMILES string of the molecule is Cc1c(C=Nc2ccc(F)c(Cl)c2)c2ccccc2n1C. The Labute approximate surface area is 127 Å². The molecule has 4 heteroatoms. The summed E-state index contributed by atoms with van der Waals surface area (Å²) in [4.78, 5) is 4.41. The summed E-state index contributed by atoms with van der Waals surface area (Å²) in [5.74, 6) is -0.433. The van der Waals surface area contributed by atoms with Gasteiger partial charge in [-0.15, -0.1) is 0 Å². The van der Waals surface area contributed by atoms with E-state index in [2.05, 4.69) is 28.6 Å². The number of rotatable bonds is 2. The number of nitrogens with zero attached hydrogens (tertiary/aromatic N) is 2. The third-order valence-corrected chi connectivity index (χ3v) is 3.98. The average Bonchev–Trinajstić information content (AvgIpc) is 2.73. The third-order valence-electron chi connectivity index (χ3n) is 3.69. The van der Waals surface area contributed by atoms with Gasteiger partial charge in [-0.1, -0.05) is 29.8 Å². The molecule has 0 aliphatic rings. The number of aryl methyl sites for hydroxylation is 1. The topological polar surface area (TPSA) is 17.3 Å². The number of hydrogen-bond acceptors (Lipinski definition) is 1. The Bertz CT molecular complexity index is 849. The van der Waals surface area contributed by atoms with Crippen molar-refractivity contribution in [1.82, 2.24) is 4.57 Å². The zero-order chi connectivity index (χ0) is 15.0. The summed E-state index contributed by atoms with van der Waals surface area (Å²) in [7, 11) is 2.03. The van der Waals surface area contributed by atoms with Gasteiger partial charge >= 0.3 is 0 Å². The van der Waals surface area contributed by atoms with Crippen molar-refractivity contribution in [3.8, 4) is 0 Å². The van der Waals surface area contributed by atoms with Crippen LogP contribution in [0.1, 0.15) is 11.3 Å². The fourth-order valence-electron chi connectivity index (χ4n) is 2.42. The average molecular weight is 301 g/mol.